The van der Waals surface area contributed by atoms with E-state index in [0.717, 1.165) is 18.5 Å². The van der Waals surface area contributed by atoms with Gasteiger partial charge in [0.2, 0.25) is 0 Å². The number of nitrogens with zero attached hydrogens (tertiary/aromatic N) is 1. The van der Waals surface area contributed by atoms with Gasteiger partial charge in [-0.15, -0.1) is 0 Å². The standard InChI is InChI=1S/C11H15N3/c12-9-6-7-14-11(10(9)13)8-4-2-1-3-5-8/h4,6-7H,1-3,5,13H2,(H2,12,14). The fourth-order valence-corrected chi connectivity index (χ4v) is 1.80. The zero-order valence-corrected chi connectivity index (χ0v) is 8.16. The highest BCUT2D eigenvalue weighted by molar-refractivity contribution is 5.79. The Labute approximate surface area is 83.8 Å². The summed E-state index contributed by atoms with van der Waals surface area (Å²) in [6.07, 6.45) is 8.64. The molecule has 1 aliphatic rings. The average Bonchev–Trinajstić information content (AvgIpc) is 2.23. The smallest absolute Gasteiger partial charge is 0.0908 e. The van der Waals surface area contributed by atoms with Crippen LogP contribution < -0.4 is 11.5 Å². The summed E-state index contributed by atoms with van der Waals surface area (Å²) in [6.45, 7) is 0. The topological polar surface area (TPSA) is 64.9 Å². The minimum absolute atomic E-state index is 0.626. The lowest BCUT2D eigenvalue weighted by Gasteiger charge is -2.14. The van der Waals surface area contributed by atoms with Crippen molar-refractivity contribution in [3.63, 3.8) is 0 Å². The van der Waals surface area contributed by atoms with Gasteiger partial charge in [-0.2, -0.15) is 0 Å². The van der Waals surface area contributed by atoms with Gasteiger partial charge in [0.1, 0.15) is 0 Å². The number of rotatable bonds is 1. The molecule has 3 nitrogen and oxygen atoms in total. The molecule has 1 heterocycles. The lowest BCUT2D eigenvalue weighted by Crippen LogP contribution is -2.03. The molecule has 0 amide bonds. The minimum atomic E-state index is 0.626. The van der Waals surface area contributed by atoms with Crippen LogP contribution in [-0.2, 0) is 0 Å². The lowest BCUT2D eigenvalue weighted by atomic mass is 9.96. The third kappa shape index (κ3) is 1.58. The Hall–Kier alpha value is -1.51. The summed E-state index contributed by atoms with van der Waals surface area (Å²) in [5, 5.41) is 0. The Morgan fingerprint density at radius 2 is 2.07 bits per heavy atom. The number of allylic oxidation sites excluding steroid dienone is 2. The summed E-state index contributed by atoms with van der Waals surface area (Å²) < 4.78 is 0. The first-order valence-electron chi connectivity index (χ1n) is 4.98. The van der Waals surface area contributed by atoms with Crippen molar-refractivity contribution in [3.8, 4) is 0 Å². The van der Waals surface area contributed by atoms with E-state index in [1.165, 1.54) is 18.4 Å². The predicted molar refractivity (Wildman–Crippen MR) is 59.5 cm³/mol. The van der Waals surface area contributed by atoms with Crippen molar-refractivity contribution in [3.05, 3.63) is 24.0 Å². The molecular weight excluding hydrogens is 174 g/mol. The van der Waals surface area contributed by atoms with Crippen LogP contribution in [0.2, 0.25) is 0 Å². The van der Waals surface area contributed by atoms with Crippen molar-refractivity contribution in [1.29, 1.82) is 0 Å². The summed E-state index contributed by atoms with van der Waals surface area (Å²) in [5.41, 5.74) is 15.0. The number of anilines is 2. The van der Waals surface area contributed by atoms with Gasteiger partial charge in [-0.1, -0.05) is 6.08 Å². The van der Waals surface area contributed by atoms with Crippen molar-refractivity contribution in [2.75, 3.05) is 11.5 Å². The molecule has 0 aliphatic heterocycles. The van der Waals surface area contributed by atoms with Crippen LogP contribution in [-0.4, -0.2) is 4.98 Å². The molecule has 14 heavy (non-hydrogen) atoms. The number of nitrogens with two attached hydrogens (primary N) is 2. The van der Waals surface area contributed by atoms with E-state index in [0.29, 0.717) is 11.4 Å². The third-order valence-electron chi connectivity index (χ3n) is 2.62. The van der Waals surface area contributed by atoms with Gasteiger partial charge < -0.3 is 11.5 Å². The van der Waals surface area contributed by atoms with Crippen molar-refractivity contribution in [2.45, 2.75) is 25.7 Å². The maximum Gasteiger partial charge on any atom is 0.0908 e. The van der Waals surface area contributed by atoms with Crippen LogP contribution in [0, 0.1) is 0 Å². The van der Waals surface area contributed by atoms with Crippen LogP contribution in [0.5, 0.6) is 0 Å². The fourth-order valence-electron chi connectivity index (χ4n) is 1.80. The maximum atomic E-state index is 5.89. The van der Waals surface area contributed by atoms with Gasteiger partial charge in [0.25, 0.3) is 0 Å². The van der Waals surface area contributed by atoms with Gasteiger partial charge in [-0.3, -0.25) is 4.98 Å². The number of hydrogen-bond acceptors (Lipinski definition) is 3. The van der Waals surface area contributed by atoms with E-state index in [9.17, 15) is 0 Å². The Kier molecular flexibility index (Phi) is 2.39. The zero-order valence-electron chi connectivity index (χ0n) is 8.16. The van der Waals surface area contributed by atoms with Gasteiger partial charge >= 0.3 is 0 Å². The highest BCUT2D eigenvalue weighted by Crippen LogP contribution is 2.30. The number of aromatic nitrogens is 1. The van der Waals surface area contributed by atoms with Gasteiger partial charge in [-0.25, -0.2) is 0 Å². The molecule has 0 spiro atoms. The van der Waals surface area contributed by atoms with Crippen LogP contribution in [0.25, 0.3) is 5.57 Å². The molecular formula is C11H15N3. The third-order valence-corrected chi connectivity index (χ3v) is 2.62. The molecule has 3 heteroatoms. The molecule has 1 aromatic rings. The molecule has 2 rings (SSSR count). The first kappa shape index (κ1) is 9.06. The zero-order chi connectivity index (χ0) is 9.97. The Morgan fingerprint density at radius 1 is 1.21 bits per heavy atom. The second kappa shape index (κ2) is 3.70. The van der Waals surface area contributed by atoms with E-state index in [4.69, 9.17) is 11.5 Å². The molecule has 0 radical (unpaired) electrons. The lowest BCUT2D eigenvalue weighted by molar-refractivity contribution is 0.740. The molecule has 4 N–H and O–H groups in total. The molecule has 0 saturated heterocycles. The summed E-state index contributed by atoms with van der Waals surface area (Å²) >= 11 is 0. The molecule has 0 aromatic carbocycles. The van der Waals surface area contributed by atoms with E-state index in [1.807, 2.05) is 0 Å². The molecule has 1 aromatic heterocycles. The molecule has 0 unspecified atom stereocenters. The van der Waals surface area contributed by atoms with E-state index in [2.05, 4.69) is 11.1 Å². The van der Waals surface area contributed by atoms with Crippen LogP contribution >= 0.6 is 0 Å². The number of nitrogen functional groups attached to an aromatic ring is 2. The Bertz CT molecular complexity index is 369. The maximum absolute atomic E-state index is 5.89. The predicted octanol–water partition coefficient (Wildman–Crippen LogP) is 2.20. The summed E-state index contributed by atoms with van der Waals surface area (Å²) in [5.74, 6) is 0. The average molecular weight is 189 g/mol. The summed E-state index contributed by atoms with van der Waals surface area (Å²) in [7, 11) is 0. The van der Waals surface area contributed by atoms with Crippen molar-refractivity contribution in [1.82, 2.24) is 4.98 Å². The fraction of sp³-hybridized carbons (Fsp3) is 0.364. The largest absolute Gasteiger partial charge is 0.397 e. The minimum Gasteiger partial charge on any atom is -0.397 e. The molecule has 74 valence electrons. The van der Waals surface area contributed by atoms with Crippen LogP contribution in [0.1, 0.15) is 31.4 Å². The second-order valence-corrected chi connectivity index (χ2v) is 3.64. The first-order chi connectivity index (χ1) is 6.79. The van der Waals surface area contributed by atoms with Crippen LogP contribution in [0.4, 0.5) is 11.4 Å². The molecule has 1 aliphatic carbocycles. The summed E-state index contributed by atoms with van der Waals surface area (Å²) in [6, 6.07) is 1.74. The molecule has 0 atom stereocenters. The highest BCUT2D eigenvalue weighted by Gasteiger charge is 2.11. The summed E-state index contributed by atoms with van der Waals surface area (Å²) in [4.78, 5) is 4.29. The van der Waals surface area contributed by atoms with E-state index < -0.39 is 0 Å². The number of hydrogen-bond donors (Lipinski definition) is 2. The van der Waals surface area contributed by atoms with Gasteiger partial charge in [-0.05, 0) is 37.3 Å². The number of pyridine rings is 1. The first-order valence-corrected chi connectivity index (χ1v) is 4.98. The molecule has 0 fully saturated rings. The molecule has 0 saturated carbocycles. The van der Waals surface area contributed by atoms with E-state index in [-0.39, 0.29) is 0 Å². The van der Waals surface area contributed by atoms with E-state index >= 15 is 0 Å². The normalized spacial score (nSPS) is 16.4. The van der Waals surface area contributed by atoms with Gasteiger partial charge in [0, 0.05) is 6.20 Å². The second-order valence-electron chi connectivity index (χ2n) is 3.64. The van der Waals surface area contributed by atoms with Crippen molar-refractivity contribution >= 4 is 16.9 Å². The van der Waals surface area contributed by atoms with Gasteiger partial charge in [0.05, 0.1) is 17.1 Å². The Balaban J connectivity index is 2.40. The molecule has 0 bridgehead atoms. The Morgan fingerprint density at radius 3 is 2.79 bits per heavy atom. The van der Waals surface area contributed by atoms with Crippen LogP contribution in [0.3, 0.4) is 0 Å². The van der Waals surface area contributed by atoms with E-state index in [1.54, 1.807) is 12.3 Å². The van der Waals surface area contributed by atoms with Crippen molar-refractivity contribution in [2.24, 2.45) is 0 Å². The van der Waals surface area contributed by atoms with Crippen molar-refractivity contribution < 1.29 is 0 Å². The quantitative estimate of drug-likeness (QED) is 0.711. The SMILES string of the molecule is Nc1ccnc(C2=CCCCC2)c1N. The van der Waals surface area contributed by atoms with Crippen LogP contribution in [0.15, 0.2) is 18.3 Å². The monoisotopic (exact) mass is 189 g/mol. The highest BCUT2D eigenvalue weighted by atomic mass is 14.8. The van der Waals surface area contributed by atoms with Gasteiger partial charge in [0.15, 0.2) is 0 Å².